The normalized spacial score (nSPS) is 11.1. The molecule has 0 aliphatic rings. The van der Waals surface area contributed by atoms with Crippen molar-refractivity contribution in [1.82, 2.24) is 10.2 Å². The van der Waals surface area contributed by atoms with E-state index in [1.165, 1.54) is 0 Å². The number of aromatic nitrogens is 2. The van der Waals surface area contributed by atoms with E-state index in [9.17, 15) is 9.90 Å². The summed E-state index contributed by atoms with van der Waals surface area (Å²) in [6, 6.07) is 29.0. The molecule has 0 atom stereocenters. The second kappa shape index (κ2) is 11.0. The first-order valence-corrected chi connectivity index (χ1v) is 12.6. The third-order valence-corrected chi connectivity index (χ3v) is 6.81. The molecular weight excluding hydrogens is 505 g/mol. The SMILES string of the molecule is O=C(O)c1cccc(CCNc2cnnc3ccc(C(c4ccc(Cl)cc4)c4ccc(Cl)cc4)cc23)c1. The van der Waals surface area contributed by atoms with Gasteiger partial charge in [-0.1, -0.05) is 65.7 Å². The van der Waals surface area contributed by atoms with Gasteiger partial charge in [0, 0.05) is 27.9 Å². The predicted octanol–water partition coefficient (Wildman–Crippen LogP) is 7.47. The number of halogens is 2. The molecule has 0 aliphatic carbocycles. The summed E-state index contributed by atoms with van der Waals surface area (Å²) in [6.45, 7) is 0.617. The Balaban J connectivity index is 1.47. The van der Waals surface area contributed by atoms with Crippen molar-refractivity contribution in [2.24, 2.45) is 0 Å². The first-order chi connectivity index (χ1) is 18.0. The van der Waals surface area contributed by atoms with Gasteiger partial charge in [-0.2, -0.15) is 10.2 Å². The maximum Gasteiger partial charge on any atom is 0.335 e. The molecule has 0 fully saturated rings. The van der Waals surface area contributed by atoms with Crippen molar-refractivity contribution in [2.45, 2.75) is 12.3 Å². The molecule has 7 heteroatoms. The highest BCUT2D eigenvalue weighted by Crippen LogP contribution is 2.35. The van der Waals surface area contributed by atoms with Gasteiger partial charge >= 0.3 is 5.97 Å². The van der Waals surface area contributed by atoms with Gasteiger partial charge in [-0.3, -0.25) is 0 Å². The van der Waals surface area contributed by atoms with E-state index >= 15 is 0 Å². The van der Waals surface area contributed by atoms with Gasteiger partial charge in [-0.05, 0) is 77.2 Å². The van der Waals surface area contributed by atoms with Crippen LogP contribution in [0.25, 0.3) is 10.9 Å². The first kappa shape index (κ1) is 24.8. The second-order valence-corrected chi connectivity index (χ2v) is 9.63. The maximum atomic E-state index is 11.3. The molecule has 0 spiro atoms. The Bertz CT molecular complexity index is 1510. The Hall–Kier alpha value is -3.93. The highest BCUT2D eigenvalue weighted by molar-refractivity contribution is 6.30. The molecule has 1 aromatic heterocycles. The summed E-state index contributed by atoms with van der Waals surface area (Å²) >= 11 is 12.3. The van der Waals surface area contributed by atoms with Crippen LogP contribution in [-0.2, 0) is 6.42 Å². The Morgan fingerprint density at radius 3 is 2.14 bits per heavy atom. The molecule has 37 heavy (non-hydrogen) atoms. The van der Waals surface area contributed by atoms with Crippen LogP contribution in [0, 0.1) is 0 Å². The van der Waals surface area contributed by atoms with E-state index in [0.717, 1.165) is 38.8 Å². The van der Waals surface area contributed by atoms with Crippen molar-refractivity contribution in [3.05, 3.63) is 135 Å². The number of anilines is 1. The molecule has 0 unspecified atom stereocenters. The average molecular weight is 528 g/mol. The fourth-order valence-electron chi connectivity index (χ4n) is 4.48. The number of carboxylic acid groups (broad SMARTS) is 1. The highest BCUT2D eigenvalue weighted by atomic mass is 35.5. The minimum absolute atomic E-state index is 0.0290. The second-order valence-electron chi connectivity index (χ2n) is 8.75. The zero-order chi connectivity index (χ0) is 25.8. The smallest absolute Gasteiger partial charge is 0.335 e. The quantitative estimate of drug-likeness (QED) is 0.204. The summed E-state index contributed by atoms with van der Waals surface area (Å²) in [5, 5.41) is 23.5. The number of rotatable bonds is 8. The number of carbonyl (C=O) groups is 1. The summed E-state index contributed by atoms with van der Waals surface area (Å²) in [5.74, 6) is -0.957. The van der Waals surface area contributed by atoms with Gasteiger partial charge in [-0.25, -0.2) is 4.79 Å². The zero-order valence-corrected chi connectivity index (χ0v) is 21.2. The van der Waals surface area contributed by atoms with E-state index in [1.54, 1.807) is 24.4 Å². The molecule has 0 bridgehead atoms. The summed E-state index contributed by atoms with van der Waals surface area (Å²) in [5.41, 5.74) is 6.21. The number of nitrogens with one attached hydrogen (secondary N) is 1. The zero-order valence-electron chi connectivity index (χ0n) is 19.7. The van der Waals surface area contributed by atoms with E-state index in [-0.39, 0.29) is 11.5 Å². The van der Waals surface area contributed by atoms with Gasteiger partial charge in [0.15, 0.2) is 0 Å². The fraction of sp³-hybridized carbons (Fsp3) is 0.100. The van der Waals surface area contributed by atoms with Crippen LogP contribution in [-0.4, -0.2) is 27.8 Å². The van der Waals surface area contributed by atoms with Crippen molar-refractivity contribution >= 4 is 45.8 Å². The summed E-state index contributed by atoms with van der Waals surface area (Å²) in [4.78, 5) is 11.3. The largest absolute Gasteiger partial charge is 0.478 e. The van der Waals surface area contributed by atoms with Crippen LogP contribution in [0.1, 0.15) is 38.5 Å². The van der Waals surface area contributed by atoms with Crippen molar-refractivity contribution in [3.63, 3.8) is 0 Å². The molecule has 0 aliphatic heterocycles. The van der Waals surface area contributed by atoms with Gasteiger partial charge in [0.1, 0.15) is 0 Å². The number of benzene rings is 4. The molecule has 1 heterocycles. The van der Waals surface area contributed by atoms with Crippen molar-refractivity contribution < 1.29 is 9.90 Å². The number of hydrogen-bond acceptors (Lipinski definition) is 4. The topological polar surface area (TPSA) is 75.1 Å². The Kier molecular flexibility index (Phi) is 7.35. The summed E-state index contributed by atoms with van der Waals surface area (Å²) in [7, 11) is 0. The van der Waals surface area contributed by atoms with Gasteiger partial charge in [-0.15, -0.1) is 0 Å². The van der Waals surface area contributed by atoms with Crippen LogP contribution in [0.4, 0.5) is 5.69 Å². The average Bonchev–Trinajstić information content (AvgIpc) is 2.91. The lowest BCUT2D eigenvalue weighted by molar-refractivity contribution is 0.0696. The Morgan fingerprint density at radius 1 is 0.838 bits per heavy atom. The van der Waals surface area contributed by atoms with Crippen LogP contribution >= 0.6 is 23.2 Å². The summed E-state index contributed by atoms with van der Waals surface area (Å²) in [6.07, 6.45) is 2.39. The third kappa shape index (κ3) is 5.74. The maximum absolute atomic E-state index is 11.3. The van der Waals surface area contributed by atoms with E-state index in [0.29, 0.717) is 23.0 Å². The molecule has 5 nitrogen and oxygen atoms in total. The van der Waals surface area contributed by atoms with Crippen molar-refractivity contribution in [1.29, 1.82) is 0 Å². The predicted molar refractivity (Wildman–Crippen MR) is 149 cm³/mol. The molecule has 184 valence electrons. The lowest BCUT2D eigenvalue weighted by atomic mass is 9.84. The van der Waals surface area contributed by atoms with Crippen LogP contribution in [0.3, 0.4) is 0 Å². The molecule has 0 saturated carbocycles. The standard InChI is InChI=1S/C30H23Cl2N3O2/c31-24-9-4-20(5-10-24)29(21-6-11-25(32)12-7-21)22-8-13-27-26(17-22)28(18-34-35-27)33-15-14-19-2-1-3-23(16-19)30(36)37/h1-13,16-18,29H,14-15H2,(H,33,35)(H,36,37). The van der Waals surface area contributed by atoms with Gasteiger partial charge < -0.3 is 10.4 Å². The number of carboxylic acids is 1. The minimum Gasteiger partial charge on any atom is -0.478 e. The van der Waals surface area contributed by atoms with Gasteiger partial charge in [0.2, 0.25) is 0 Å². The van der Waals surface area contributed by atoms with E-state index in [4.69, 9.17) is 23.2 Å². The number of fused-ring (bicyclic) bond motifs is 1. The number of hydrogen-bond donors (Lipinski definition) is 2. The molecule has 4 aromatic carbocycles. The highest BCUT2D eigenvalue weighted by Gasteiger charge is 2.18. The monoisotopic (exact) mass is 527 g/mol. The van der Waals surface area contributed by atoms with Crippen LogP contribution in [0.5, 0.6) is 0 Å². The number of aromatic carboxylic acids is 1. The lowest BCUT2D eigenvalue weighted by Crippen LogP contribution is -2.08. The minimum atomic E-state index is -0.928. The lowest BCUT2D eigenvalue weighted by Gasteiger charge is -2.20. The van der Waals surface area contributed by atoms with Crippen LogP contribution < -0.4 is 5.32 Å². The van der Waals surface area contributed by atoms with Gasteiger partial charge in [0.05, 0.1) is 23.0 Å². The fourth-order valence-corrected chi connectivity index (χ4v) is 4.74. The van der Waals surface area contributed by atoms with Crippen molar-refractivity contribution in [2.75, 3.05) is 11.9 Å². The van der Waals surface area contributed by atoms with Crippen molar-refractivity contribution in [3.8, 4) is 0 Å². The number of nitrogens with zero attached hydrogens (tertiary/aromatic N) is 2. The van der Waals surface area contributed by atoms with Crippen LogP contribution in [0.15, 0.2) is 97.2 Å². The van der Waals surface area contributed by atoms with Gasteiger partial charge in [0.25, 0.3) is 0 Å². The van der Waals surface area contributed by atoms with E-state index in [1.807, 2.05) is 60.7 Å². The first-order valence-electron chi connectivity index (χ1n) is 11.8. The van der Waals surface area contributed by atoms with E-state index in [2.05, 4.69) is 27.6 Å². The summed E-state index contributed by atoms with van der Waals surface area (Å²) < 4.78 is 0. The molecule has 5 rings (SSSR count). The Morgan fingerprint density at radius 2 is 1.49 bits per heavy atom. The molecule has 2 N–H and O–H groups in total. The molecule has 5 aromatic rings. The van der Waals surface area contributed by atoms with Crippen LogP contribution in [0.2, 0.25) is 10.0 Å². The molecule has 0 amide bonds. The third-order valence-electron chi connectivity index (χ3n) is 6.31. The Labute approximate surface area is 224 Å². The molecular formula is C30H23Cl2N3O2. The molecule has 0 radical (unpaired) electrons. The molecule has 0 saturated heterocycles. The van der Waals surface area contributed by atoms with E-state index < -0.39 is 5.97 Å².